The molecule has 1 saturated carbocycles. The molecule has 0 radical (unpaired) electrons. The maximum Gasteiger partial charge on any atom is 0.123 e. The zero-order valence-electron chi connectivity index (χ0n) is 8.73. The van der Waals surface area contributed by atoms with E-state index < -0.39 is 0 Å². The molecule has 0 saturated heterocycles. The fraction of sp³-hybridized carbons (Fsp3) is 0.462. The van der Waals surface area contributed by atoms with Gasteiger partial charge in [-0.1, -0.05) is 18.2 Å². The second-order valence-electron chi connectivity index (χ2n) is 4.31. The molecule has 2 rings (SSSR count). The molecule has 0 bridgehead atoms. The number of phenols is 1. The average molecular weight is 204 g/mol. The predicted octanol–water partition coefficient (Wildman–Crippen LogP) is 2.86. The van der Waals surface area contributed by atoms with E-state index in [1.807, 2.05) is 18.2 Å². The molecule has 0 aliphatic heterocycles. The first kappa shape index (κ1) is 10.2. The van der Waals surface area contributed by atoms with Gasteiger partial charge in [0.25, 0.3) is 0 Å². The number of aromatic hydroxyl groups is 1. The Morgan fingerprint density at radius 1 is 1.13 bits per heavy atom. The predicted molar refractivity (Wildman–Crippen MR) is 58.9 cm³/mol. The van der Waals surface area contributed by atoms with Gasteiger partial charge in [0.1, 0.15) is 12.0 Å². The topological polar surface area (TPSA) is 37.3 Å². The normalized spacial score (nSPS) is 26.1. The zero-order chi connectivity index (χ0) is 10.7. The Morgan fingerprint density at radius 2 is 1.80 bits per heavy atom. The van der Waals surface area contributed by atoms with Crippen molar-refractivity contribution in [2.24, 2.45) is 5.92 Å². The zero-order valence-corrected chi connectivity index (χ0v) is 8.73. The highest BCUT2D eigenvalue weighted by atomic mass is 16.3. The number of carbonyl (C=O) groups is 1. The van der Waals surface area contributed by atoms with Gasteiger partial charge in [0, 0.05) is 5.92 Å². The van der Waals surface area contributed by atoms with Crippen LogP contribution >= 0.6 is 0 Å². The number of aldehydes is 1. The summed E-state index contributed by atoms with van der Waals surface area (Å²) in [5.74, 6) is 1.07. The van der Waals surface area contributed by atoms with Crippen LogP contribution in [0.5, 0.6) is 5.75 Å². The summed E-state index contributed by atoms with van der Waals surface area (Å²) in [7, 11) is 0. The summed E-state index contributed by atoms with van der Waals surface area (Å²) in [5.41, 5.74) is 1.04. The molecule has 0 unspecified atom stereocenters. The van der Waals surface area contributed by atoms with Crippen LogP contribution in [0, 0.1) is 5.92 Å². The maximum absolute atomic E-state index is 10.6. The Labute approximate surface area is 89.9 Å². The van der Waals surface area contributed by atoms with Crippen LogP contribution in [-0.4, -0.2) is 11.4 Å². The first-order valence-electron chi connectivity index (χ1n) is 5.54. The molecule has 1 aliphatic rings. The third kappa shape index (κ3) is 2.20. The molecule has 0 spiro atoms. The lowest BCUT2D eigenvalue weighted by atomic mass is 9.79. The molecule has 1 aromatic rings. The van der Waals surface area contributed by atoms with Gasteiger partial charge in [-0.2, -0.15) is 0 Å². The van der Waals surface area contributed by atoms with Crippen LogP contribution in [0.15, 0.2) is 24.3 Å². The van der Waals surface area contributed by atoms with Gasteiger partial charge < -0.3 is 9.90 Å². The monoisotopic (exact) mass is 204 g/mol. The van der Waals surface area contributed by atoms with E-state index >= 15 is 0 Å². The average Bonchev–Trinajstić information content (AvgIpc) is 2.30. The Morgan fingerprint density at radius 3 is 2.40 bits per heavy atom. The first-order chi connectivity index (χ1) is 7.31. The summed E-state index contributed by atoms with van der Waals surface area (Å²) in [6.07, 6.45) is 5.02. The van der Waals surface area contributed by atoms with Gasteiger partial charge >= 0.3 is 0 Å². The first-order valence-corrected chi connectivity index (χ1v) is 5.54. The number of benzene rings is 1. The van der Waals surface area contributed by atoms with E-state index in [4.69, 9.17) is 0 Å². The standard InChI is InChI=1S/C13H16O2/c14-9-10-5-7-11(8-6-10)12-3-1-2-4-13(12)15/h1-4,9-11,15H,5-8H2/t10-,11-. The second kappa shape index (κ2) is 4.47. The maximum atomic E-state index is 10.6. The van der Waals surface area contributed by atoms with Crippen LogP contribution in [0.3, 0.4) is 0 Å². The number of para-hydroxylation sites is 1. The molecular weight excluding hydrogens is 188 g/mol. The van der Waals surface area contributed by atoms with Crippen molar-refractivity contribution in [3.63, 3.8) is 0 Å². The van der Waals surface area contributed by atoms with Crippen LogP contribution in [0.4, 0.5) is 0 Å². The van der Waals surface area contributed by atoms with Gasteiger partial charge in [-0.25, -0.2) is 0 Å². The van der Waals surface area contributed by atoms with Crippen molar-refractivity contribution in [3.05, 3.63) is 29.8 Å². The van der Waals surface area contributed by atoms with E-state index in [0.717, 1.165) is 37.5 Å². The summed E-state index contributed by atoms with van der Waals surface area (Å²) < 4.78 is 0. The Balaban J connectivity index is 2.07. The molecule has 1 aromatic carbocycles. The molecule has 15 heavy (non-hydrogen) atoms. The van der Waals surface area contributed by atoms with Crippen molar-refractivity contribution in [2.75, 3.05) is 0 Å². The molecule has 2 nitrogen and oxygen atoms in total. The van der Waals surface area contributed by atoms with E-state index in [2.05, 4.69) is 0 Å². The minimum Gasteiger partial charge on any atom is -0.508 e. The highest BCUT2D eigenvalue weighted by molar-refractivity contribution is 5.53. The van der Waals surface area contributed by atoms with Crippen molar-refractivity contribution in [1.82, 2.24) is 0 Å². The van der Waals surface area contributed by atoms with E-state index in [0.29, 0.717) is 11.7 Å². The van der Waals surface area contributed by atoms with Gasteiger partial charge in [0.05, 0.1) is 0 Å². The molecule has 2 heteroatoms. The van der Waals surface area contributed by atoms with Crippen LogP contribution < -0.4 is 0 Å². The van der Waals surface area contributed by atoms with Gasteiger partial charge in [0.15, 0.2) is 0 Å². The van der Waals surface area contributed by atoms with Gasteiger partial charge in [-0.3, -0.25) is 0 Å². The fourth-order valence-electron chi connectivity index (χ4n) is 2.40. The minimum absolute atomic E-state index is 0.243. The highest BCUT2D eigenvalue weighted by Crippen LogP contribution is 2.38. The smallest absolute Gasteiger partial charge is 0.123 e. The van der Waals surface area contributed by atoms with Crippen LogP contribution in [0.2, 0.25) is 0 Å². The lowest BCUT2D eigenvalue weighted by molar-refractivity contribution is -0.111. The number of rotatable bonds is 2. The SMILES string of the molecule is O=C[C@H]1CC[C@H](c2ccccc2O)CC1. The van der Waals surface area contributed by atoms with Gasteiger partial charge in [-0.05, 0) is 43.2 Å². The number of phenolic OH excluding ortho intramolecular Hbond substituents is 1. The summed E-state index contributed by atoms with van der Waals surface area (Å²) in [6, 6.07) is 7.53. The second-order valence-corrected chi connectivity index (χ2v) is 4.31. The Bertz CT molecular complexity index is 338. The third-order valence-electron chi connectivity index (χ3n) is 3.34. The molecule has 0 atom stereocenters. The third-order valence-corrected chi connectivity index (χ3v) is 3.34. The van der Waals surface area contributed by atoms with E-state index in [9.17, 15) is 9.90 Å². The summed E-state index contributed by atoms with van der Waals surface area (Å²) in [6.45, 7) is 0. The largest absolute Gasteiger partial charge is 0.508 e. The fourth-order valence-corrected chi connectivity index (χ4v) is 2.40. The molecule has 80 valence electrons. The lowest BCUT2D eigenvalue weighted by Gasteiger charge is -2.26. The molecular formula is C13H16O2. The number of hydrogen-bond donors (Lipinski definition) is 1. The lowest BCUT2D eigenvalue weighted by Crippen LogP contribution is -2.14. The van der Waals surface area contributed by atoms with Gasteiger partial charge in [-0.15, -0.1) is 0 Å². The molecule has 0 heterocycles. The van der Waals surface area contributed by atoms with Crippen LogP contribution in [0.25, 0.3) is 0 Å². The summed E-state index contributed by atoms with van der Waals surface area (Å²) >= 11 is 0. The molecule has 1 aliphatic carbocycles. The molecule has 0 amide bonds. The molecule has 1 N–H and O–H groups in total. The van der Waals surface area contributed by atoms with Crippen LogP contribution in [0.1, 0.15) is 37.2 Å². The van der Waals surface area contributed by atoms with E-state index in [1.165, 1.54) is 0 Å². The van der Waals surface area contributed by atoms with Crippen molar-refractivity contribution < 1.29 is 9.90 Å². The van der Waals surface area contributed by atoms with Crippen molar-refractivity contribution in [3.8, 4) is 5.75 Å². The highest BCUT2D eigenvalue weighted by Gasteiger charge is 2.23. The Kier molecular flexibility index (Phi) is 3.05. The summed E-state index contributed by atoms with van der Waals surface area (Å²) in [4.78, 5) is 10.6. The van der Waals surface area contributed by atoms with Crippen molar-refractivity contribution >= 4 is 6.29 Å². The van der Waals surface area contributed by atoms with Crippen molar-refractivity contribution in [1.29, 1.82) is 0 Å². The minimum atomic E-state index is 0.243. The number of hydrogen-bond acceptors (Lipinski definition) is 2. The molecule has 1 fully saturated rings. The number of carbonyl (C=O) groups excluding carboxylic acids is 1. The summed E-state index contributed by atoms with van der Waals surface area (Å²) in [5, 5.41) is 9.72. The van der Waals surface area contributed by atoms with Crippen molar-refractivity contribution in [2.45, 2.75) is 31.6 Å². The van der Waals surface area contributed by atoms with E-state index in [-0.39, 0.29) is 5.92 Å². The van der Waals surface area contributed by atoms with E-state index in [1.54, 1.807) is 6.07 Å². The molecule has 0 aromatic heterocycles. The van der Waals surface area contributed by atoms with Crippen LogP contribution in [-0.2, 0) is 4.79 Å². The quantitative estimate of drug-likeness (QED) is 0.752. The van der Waals surface area contributed by atoms with Gasteiger partial charge in [0.2, 0.25) is 0 Å². The Hall–Kier alpha value is -1.31.